The van der Waals surface area contributed by atoms with E-state index in [2.05, 4.69) is 5.32 Å². The van der Waals surface area contributed by atoms with E-state index in [4.69, 9.17) is 0 Å². The number of rotatable bonds is 6. The minimum Gasteiger partial charge on any atom is -0.392 e. The SMILES string of the molecule is CCC(O)(CC(O)CNC)C1CC1. The zero-order valence-electron chi connectivity index (χ0n) is 8.58. The molecule has 0 bridgehead atoms. The van der Waals surface area contributed by atoms with E-state index in [0.717, 1.165) is 19.3 Å². The predicted molar refractivity (Wildman–Crippen MR) is 52.5 cm³/mol. The van der Waals surface area contributed by atoms with Crippen LogP contribution in [-0.4, -0.2) is 35.5 Å². The van der Waals surface area contributed by atoms with Crippen molar-refractivity contribution < 1.29 is 10.2 Å². The van der Waals surface area contributed by atoms with Crippen LogP contribution in [0.5, 0.6) is 0 Å². The lowest BCUT2D eigenvalue weighted by molar-refractivity contribution is -0.0305. The molecule has 0 aromatic heterocycles. The minimum atomic E-state index is -0.615. The molecule has 3 N–H and O–H groups in total. The van der Waals surface area contributed by atoms with Crippen LogP contribution in [0.4, 0.5) is 0 Å². The monoisotopic (exact) mass is 187 g/mol. The van der Waals surface area contributed by atoms with Gasteiger partial charge in [0.05, 0.1) is 11.7 Å². The largest absolute Gasteiger partial charge is 0.392 e. The molecule has 13 heavy (non-hydrogen) atoms. The Morgan fingerprint density at radius 3 is 2.54 bits per heavy atom. The second-order valence-electron chi connectivity index (χ2n) is 4.15. The summed E-state index contributed by atoms with van der Waals surface area (Å²) in [4.78, 5) is 0. The highest BCUT2D eigenvalue weighted by Gasteiger charge is 2.43. The average Bonchev–Trinajstić information content (AvgIpc) is 2.86. The van der Waals surface area contributed by atoms with Crippen molar-refractivity contribution in [1.82, 2.24) is 5.32 Å². The van der Waals surface area contributed by atoms with Gasteiger partial charge in [0.2, 0.25) is 0 Å². The van der Waals surface area contributed by atoms with Crippen molar-refractivity contribution in [3.63, 3.8) is 0 Å². The first-order valence-corrected chi connectivity index (χ1v) is 5.17. The molecule has 1 aliphatic carbocycles. The van der Waals surface area contributed by atoms with Gasteiger partial charge in [0.25, 0.3) is 0 Å². The molecule has 1 saturated carbocycles. The van der Waals surface area contributed by atoms with Crippen LogP contribution in [0.3, 0.4) is 0 Å². The Labute approximate surface area is 80.2 Å². The van der Waals surface area contributed by atoms with Crippen molar-refractivity contribution in [3.05, 3.63) is 0 Å². The molecule has 1 fully saturated rings. The summed E-state index contributed by atoms with van der Waals surface area (Å²) in [5.74, 6) is 0.434. The van der Waals surface area contributed by atoms with Gasteiger partial charge in [-0.25, -0.2) is 0 Å². The summed E-state index contributed by atoms with van der Waals surface area (Å²) in [6.07, 6.45) is 3.08. The van der Waals surface area contributed by atoms with Gasteiger partial charge in [0, 0.05) is 13.0 Å². The fraction of sp³-hybridized carbons (Fsp3) is 1.00. The Bertz CT molecular complexity index is 159. The third-order valence-corrected chi connectivity index (χ3v) is 2.98. The molecule has 78 valence electrons. The van der Waals surface area contributed by atoms with E-state index in [-0.39, 0.29) is 0 Å². The molecule has 0 spiro atoms. The number of hydrogen-bond acceptors (Lipinski definition) is 3. The van der Waals surface area contributed by atoms with Gasteiger partial charge in [0.15, 0.2) is 0 Å². The first-order chi connectivity index (χ1) is 6.12. The zero-order valence-corrected chi connectivity index (χ0v) is 8.58. The smallest absolute Gasteiger partial charge is 0.0698 e. The zero-order chi connectivity index (χ0) is 9.90. The highest BCUT2D eigenvalue weighted by molar-refractivity contribution is 4.95. The fourth-order valence-corrected chi connectivity index (χ4v) is 1.94. The molecule has 1 rings (SSSR count). The maximum Gasteiger partial charge on any atom is 0.0698 e. The summed E-state index contributed by atoms with van der Waals surface area (Å²) < 4.78 is 0. The van der Waals surface area contributed by atoms with Crippen LogP contribution in [0.2, 0.25) is 0 Å². The lowest BCUT2D eigenvalue weighted by Crippen LogP contribution is -2.38. The lowest BCUT2D eigenvalue weighted by atomic mass is 9.88. The Kier molecular flexibility index (Phi) is 3.71. The van der Waals surface area contributed by atoms with E-state index in [9.17, 15) is 10.2 Å². The van der Waals surface area contributed by atoms with Crippen LogP contribution < -0.4 is 5.32 Å². The molecule has 0 aromatic carbocycles. The molecule has 2 atom stereocenters. The molecule has 0 aromatic rings. The van der Waals surface area contributed by atoms with Crippen molar-refractivity contribution in [2.75, 3.05) is 13.6 Å². The van der Waals surface area contributed by atoms with Gasteiger partial charge < -0.3 is 15.5 Å². The Hall–Kier alpha value is -0.120. The molecule has 0 aliphatic heterocycles. The topological polar surface area (TPSA) is 52.5 Å². The van der Waals surface area contributed by atoms with Gasteiger partial charge in [-0.05, 0) is 32.2 Å². The molecule has 0 radical (unpaired) electrons. The molecule has 0 saturated heterocycles. The third-order valence-electron chi connectivity index (χ3n) is 2.98. The number of hydrogen-bond donors (Lipinski definition) is 3. The Balaban J connectivity index is 2.37. The quantitative estimate of drug-likeness (QED) is 0.568. The second kappa shape index (κ2) is 4.40. The van der Waals surface area contributed by atoms with Crippen LogP contribution in [0.15, 0.2) is 0 Å². The summed E-state index contributed by atoms with van der Waals surface area (Å²) in [7, 11) is 1.81. The predicted octanol–water partition coefficient (Wildman–Crippen LogP) is 0.508. The van der Waals surface area contributed by atoms with Crippen molar-refractivity contribution in [2.24, 2.45) is 5.92 Å². The molecule has 0 heterocycles. The normalized spacial score (nSPS) is 24.0. The summed E-state index contributed by atoms with van der Waals surface area (Å²) >= 11 is 0. The number of aliphatic hydroxyl groups excluding tert-OH is 1. The number of likely N-dealkylation sites (N-methyl/N-ethyl adjacent to an activating group) is 1. The van der Waals surface area contributed by atoms with Crippen molar-refractivity contribution >= 4 is 0 Å². The minimum absolute atomic E-state index is 0.421. The third kappa shape index (κ3) is 2.93. The standard InChI is InChI=1S/C10H21NO2/c1-3-10(13,8-4-5-8)6-9(12)7-11-2/h8-9,11-13H,3-7H2,1-2H3. The van der Waals surface area contributed by atoms with E-state index < -0.39 is 11.7 Å². The Morgan fingerprint density at radius 2 is 2.15 bits per heavy atom. The number of aliphatic hydroxyl groups is 2. The van der Waals surface area contributed by atoms with Gasteiger partial charge in [0.1, 0.15) is 0 Å². The molecule has 3 heteroatoms. The first kappa shape index (κ1) is 11.0. The van der Waals surface area contributed by atoms with Crippen molar-refractivity contribution in [3.8, 4) is 0 Å². The average molecular weight is 187 g/mol. The van der Waals surface area contributed by atoms with Crippen LogP contribution in [0.1, 0.15) is 32.6 Å². The van der Waals surface area contributed by atoms with Crippen molar-refractivity contribution in [1.29, 1.82) is 0 Å². The van der Waals surface area contributed by atoms with Crippen LogP contribution in [0, 0.1) is 5.92 Å². The summed E-state index contributed by atoms with van der Waals surface area (Å²) in [6, 6.07) is 0. The maximum absolute atomic E-state index is 10.2. The van der Waals surface area contributed by atoms with Gasteiger partial charge >= 0.3 is 0 Å². The highest BCUT2D eigenvalue weighted by atomic mass is 16.3. The van der Waals surface area contributed by atoms with Gasteiger partial charge in [-0.15, -0.1) is 0 Å². The van der Waals surface area contributed by atoms with Crippen LogP contribution in [0.25, 0.3) is 0 Å². The Morgan fingerprint density at radius 1 is 1.54 bits per heavy atom. The molecule has 0 amide bonds. The van der Waals surface area contributed by atoms with E-state index in [0.29, 0.717) is 18.9 Å². The lowest BCUT2D eigenvalue weighted by Gasteiger charge is -2.29. The number of nitrogens with one attached hydrogen (secondary N) is 1. The van der Waals surface area contributed by atoms with E-state index in [1.54, 1.807) is 0 Å². The molecular formula is C10H21NO2. The van der Waals surface area contributed by atoms with Crippen molar-refractivity contribution in [2.45, 2.75) is 44.3 Å². The summed E-state index contributed by atoms with van der Waals surface area (Å²) in [5.41, 5.74) is -0.615. The van der Waals surface area contributed by atoms with Gasteiger partial charge in [-0.2, -0.15) is 0 Å². The molecule has 2 unspecified atom stereocenters. The van der Waals surface area contributed by atoms with Crippen LogP contribution >= 0.6 is 0 Å². The van der Waals surface area contributed by atoms with Crippen LogP contribution in [-0.2, 0) is 0 Å². The highest BCUT2D eigenvalue weighted by Crippen LogP contribution is 2.43. The molecular weight excluding hydrogens is 166 g/mol. The first-order valence-electron chi connectivity index (χ1n) is 5.17. The summed E-state index contributed by atoms with van der Waals surface area (Å²) in [6.45, 7) is 2.56. The molecule has 1 aliphatic rings. The van der Waals surface area contributed by atoms with Gasteiger partial charge in [-0.3, -0.25) is 0 Å². The van der Waals surface area contributed by atoms with Gasteiger partial charge in [-0.1, -0.05) is 6.92 Å². The second-order valence-corrected chi connectivity index (χ2v) is 4.15. The maximum atomic E-state index is 10.2. The summed E-state index contributed by atoms with van der Waals surface area (Å²) in [5, 5.41) is 22.7. The van der Waals surface area contributed by atoms with E-state index in [1.807, 2.05) is 14.0 Å². The fourth-order valence-electron chi connectivity index (χ4n) is 1.94. The van der Waals surface area contributed by atoms with E-state index in [1.165, 1.54) is 0 Å². The molecule has 3 nitrogen and oxygen atoms in total. The van der Waals surface area contributed by atoms with E-state index >= 15 is 0 Å².